The predicted octanol–water partition coefficient (Wildman–Crippen LogP) is 2.01. The molecular weight excluding hydrogens is 168 g/mol. The Balaban J connectivity index is 0.000000561. The molecule has 1 fully saturated rings. The molecule has 1 aliphatic rings. The van der Waals surface area contributed by atoms with Crippen LogP contribution in [-0.4, -0.2) is 35.4 Å². The Kier molecular flexibility index (Phi) is 6.30. The van der Waals surface area contributed by atoms with Crippen LogP contribution in [0.3, 0.4) is 0 Å². The van der Waals surface area contributed by atoms with Crippen molar-refractivity contribution >= 4 is 12.8 Å². The molecule has 0 aromatic carbocycles. The van der Waals surface area contributed by atoms with Gasteiger partial charge in [0.1, 0.15) is 0 Å². The van der Waals surface area contributed by atoms with Gasteiger partial charge in [-0.2, -0.15) is 0 Å². The van der Waals surface area contributed by atoms with E-state index in [9.17, 15) is 0 Å². The highest BCUT2D eigenvalue weighted by molar-refractivity contribution is 7.77. The van der Waals surface area contributed by atoms with Crippen molar-refractivity contribution in [3.05, 3.63) is 12.3 Å². The van der Waals surface area contributed by atoms with Crippen molar-refractivity contribution < 1.29 is 0 Å². The molecule has 2 nitrogen and oxygen atoms in total. The van der Waals surface area contributed by atoms with Gasteiger partial charge in [-0.3, -0.25) is 4.90 Å². The highest BCUT2D eigenvalue weighted by Gasteiger charge is 2.14. The Labute approximate surface area is 81.8 Å². The van der Waals surface area contributed by atoms with Gasteiger partial charge in [-0.15, -0.1) is 0 Å². The predicted molar refractivity (Wildman–Crippen MR) is 58.3 cm³/mol. The molecule has 72 valence electrons. The molecular formula is C9H20N2S. The van der Waals surface area contributed by atoms with Crippen LogP contribution < -0.4 is 0 Å². The first kappa shape index (κ1) is 11.8. The van der Waals surface area contributed by atoms with Crippen molar-refractivity contribution in [3.8, 4) is 0 Å². The van der Waals surface area contributed by atoms with Gasteiger partial charge in [0.2, 0.25) is 0 Å². The normalized spacial score (nSPS) is 18.7. The number of piperazine rings is 1. The molecule has 1 heterocycles. The standard InChI is InChI=1S/C7H14N2S.C2H6/c1-3-8-4-5-9(10)7(2)6-8;1-2/h10H,2-6H2,1H3;1-2H3. The van der Waals surface area contributed by atoms with E-state index in [1.807, 2.05) is 18.2 Å². The van der Waals surface area contributed by atoms with Gasteiger partial charge in [0.05, 0.1) is 0 Å². The number of likely N-dealkylation sites (N-methyl/N-ethyl adjacent to an activating group) is 1. The highest BCUT2D eigenvalue weighted by Crippen LogP contribution is 2.12. The second-order valence-electron chi connectivity index (χ2n) is 2.56. The Morgan fingerprint density at radius 2 is 2.00 bits per heavy atom. The zero-order chi connectivity index (χ0) is 9.56. The molecule has 0 aliphatic carbocycles. The van der Waals surface area contributed by atoms with Gasteiger partial charge in [-0.25, -0.2) is 0 Å². The molecule has 0 aromatic rings. The van der Waals surface area contributed by atoms with Gasteiger partial charge in [-0.05, 0) is 6.54 Å². The molecule has 12 heavy (non-hydrogen) atoms. The van der Waals surface area contributed by atoms with Crippen LogP contribution in [0.2, 0.25) is 0 Å². The van der Waals surface area contributed by atoms with Crippen molar-refractivity contribution in [2.75, 3.05) is 26.2 Å². The fourth-order valence-corrected chi connectivity index (χ4v) is 1.24. The van der Waals surface area contributed by atoms with Crippen LogP contribution >= 0.6 is 12.8 Å². The van der Waals surface area contributed by atoms with Crippen LogP contribution in [0, 0.1) is 0 Å². The van der Waals surface area contributed by atoms with Gasteiger partial charge >= 0.3 is 0 Å². The van der Waals surface area contributed by atoms with Crippen molar-refractivity contribution in [1.82, 2.24) is 9.21 Å². The van der Waals surface area contributed by atoms with E-state index in [1.54, 1.807) is 0 Å². The second kappa shape index (κ2) is 6.38. The fourth-order valence-electron chi connectivity index (χ4n) is 1.08. The summed E-state index contributed by atoms with van der Waals surface area (Å²) in [6.45, 7) is 14.3. The van der Waals surface area contributed by atoms with E-state index >= 15 is 0 Å². The summed E-state index contributed by atoms with van der Waals surface area (Å²) in [6.07, 6.45) is 0. The summed E-state index contributed by atoms with van der Waals surface area (Å²) in [5.41, 5.74) is 1.11. The smallest absolute Gasteiger partial charge is 0.0418 e. The minimum atomic E-state index is 0.972. The summed E-state index contributed by atoms with van der Waals surface area (Å²) in [5.74, 6) is 0. The molecule has 1 saturated heterocycles. The summed E-state index contributed by atoms with van der Waals surface area (Å²) >= 11 is 4.24. The van der Waals surface area contributed by atoms with E-state index in [0.29, 0.717) is 0 Å². The van der Waals surface area contributed by atoms with Crippen LogP contribution in [0.5, 0.6) is 0 Å². The van der Waals surface area contributed by atoms with E-state index in [-0.39, 0.29) is 0 Å². The SMILES string of the molecule is C=C1CN(CC)CCN1S.CC. The summed E-state index contributed by atoms with van der Waals surface area (Å²) in [5, 5.41) is 0. The molecule has 0 unspecified atom stereocenters. The van der Waals surface area contributed by atoms with Gasteiger partial charge in [0.25, 0.3) is 0 Å². The van der Waals surface area contributed by atoms with Crippen LogP contribution in [0.4, 0.5) is 0 Å². The molecule has 0 bridgehead atoms. The molecule has 0 aromatic heterocycles. The Hall–Kier alpha value is -0.150. The first-order valence-corrected chi connectivity index (χ1v) is 5.00. The number of rotatable bonds is 1. The third-order valence-electron chi connectivity index (χ3n) is 1.85. The molecule has 0 amide bonds. The van der Waals surface area contributed by atoms with Crippen LogP contribution in [-0.2, 0) is 0 Å². The number of hydrogen-bond acceptors (Lipinski definition) is 3. The van der Waals surface area contributed by atoms with Gasteiger partial charge in [0, 0.05) is 25.3 Å². The summed E-state index contributed by atoms with van der Waals surface area (Å²) in [7, 11) is 0. The zero-order valence-corrected chi connectivity index (χ0v) is 9.27. The maximum Gasteiger partial charge on any atom is 0.0418 e. The Morgan fingerprint density at radius 1 is 1.42 bits per heavy atom. The van der Waals surface area contributed by atoms with Crippen molar-refractivity contribution in [2.45, 2.75) is 20.8 Å². The maximum absolute atomic E-state index is 4.24. The quantitative estimate of drug-likeness (QED) is 0.629. The summed E-state index contributed by atoms with van der Waals surface area (Å²) in [6, 6.07) is 0. The Morgan fingerprint density at radius 3 is 2.42 bits per heavy atom. The molecule has 1 aliphatic heterocycles. The highest BCUT2D eigenvalue weighted by atomic mass is 32.1. The van der Waals surface area contributed by atoms with Gasteiger partial charge in [0.15, 0.2) is 0 Å². The monoisotopic (exact) mass is 188 g/mol. The van der Waals surface area contributed by atoms with E-state index in [2.05, 4.69) is 31.2 Å². The van der Waals surface area contributed by atoms with Crippen LogP contribution in [0.25, 0.3) is 0 Å². The fraction of sp³-hybridized carbons (Fsp3) is 0.778. The minimum Gasteiger partial charge on any atom is -0.321 e. The second-order valence-corrected chi connectivity index (χ2v) is 3.04. The maximum atomic E-state index is 4.24. The molecule has 0 saturated carbocycles. The van der Waals surface area contributed by atoms with E-state index in [0.717, 1.165) is 31.9 Å². The van der Waals surface area contributed by atoms with Gasteiger partial charge < -0.3 is 4.31 Å². The van der Waals surface area contributed by atoms with E-state index < -0.39 is 0 Å². The van der Waals surface area contributed by atoms with E-state index in [4.69, 9.17) is 0 Å². The number of thiol groups is 1. The molecule has 0 radical (unpaired) electrons. The Bertz CT molecular complexity index is 136. The lowest BCUT2D eigenvalue weighted by atomic mass is 10.3. The molecule has 1 rings (SSSR count). The minimum absolute atomic E-state index is 0.972. The average molecular weight is 188 g/mol. The molecule has 0 N–H and O–H groups in total. The first-order valence-electron chi connectivity index (χ1n) is 4.60. The average Bonchev–Trinajstić information content (AvgIpc) is 2.13. The van der Waals surface area contributed by atoms with Crippen LogP contribution in [0.15, 0.2) is 12.3 Å². The van der Waals surface area contributed by atoms with Crippen LogP contribution in [0.1, 0.15) is 20.8 Å². The summed E-state index contributed by atoms with van der Waals surface area (Å²) in [4.78, 5) is 2.36. The third kappa shape index (κ3) is 3.50. The van der Waals surface area contributed by atoms with Crippen molar-refractivity contribution in [2.24, 2.45) is 0 Å². The largest absolute Gasteiger partial charge is 0.321 e. The van der Waals surface area contributed by atoms with Crippen molar-refractivity contribution in [3.63, 3.8) is 0 Å². The lowest BCUT2D eigenvalue weighted by Gasteiger charge is -2.33. The van der Waals surface area contributed by atoms with Gasteiger partial charge in [-0.1, -0.05) is 40.2 Å². The molecule has 3 heteroatoms. The lowest BCUT2D eigenvalue weighted by molar-refractivity contribution is 0.244. The molecule has 0 spiro atoms. The first-order chi connectivity index (χ1) is 5.74. The number of nitrogens with zero attached hydrogens (tertiary/aromatic N) is 2. The third-order valence-corrected chi connectivity index (χ3v) is 2.33. The molecule has 0 atom stereocenters. The summed E-state index contributed by atoms with van der Waals surface area (Å²) < 4.78 is 1.92. The van der Waals surface area contributed by atoms with E-state index in [1.165, 1.54) is 0 Å². The topological polar surface area (TPSA) is 6.48 Å². The van der Waals surface area contributed by atoms with Crippen molar-refractivity contribution in [1.29, 1.82) is 0 Å². The zero-order valence-electron chi connectivity index (χ0n) is 8.38. The number of hydrogen-bond donors (Lipinski definition) is 1. The lowest BCUT2D eigenvalue weighted by Crippen LogP contribution is -2.40.